The zero-order valence-electron chi connectivity index (χ0n) is 19.2. The fourth-order valence-electron chi connectivity index (χ4n) is 4.72. The molecule has 2 N–H and O–H groups in total. The predicted molar refractivity (Wildman–Crippen MR) is 134 cm³/mol. The lowest BCUT2D eigenvalue weighted by Gasteiger charge is -2.17. The number of aromatic carboxylic acids is 1. The van der Waals surface area contributed by atoms with Gasteiger partial charge in [0.25, 0.3) is 0 Å². The molecule has 3 heterocycles. The van der Waals surface area contributed by atoms with Gasteiger partial charge in [-0.15, -0.1) is 0 Å². The number of aromatic nitrogens is 3. The number of carboxylic acid groups (broad SMARTS) is 1. The molecule has 0 fully saturated rings. The third-order valence-corrected chi connectivity index (χ3v) is 6.36. The molecule has 7 heteroatoms. The molecule has 3 aromatic heterocycles. The smallest absolute Gasteiger partial charge is 0.338 e. The summed E-state index contributed by atoms with van der Waals surface area (Å²) in [5.41, 5.74) is 3.73. The van der Waals surface area contributed by atoms with E-state index < -0.39 is 12.1 Å². The number of benzene rings is 2. The van der Waals surface area contributed by atoms with Gasteiger partial charge in [0.15, 0.2) is 0 Å². The van der Waals surface area contributed by atoms with E-state index in [0.717, 1.165) is 29.4 Å². The number of carbonyl (C=O) groups is 1. The number of nitrogens with zero attached hydrogens (tertiary/aromatic N) is 4. The van der Waals surface area contributed by atoms with Gasteiger partial charge in [0.05, 0.1) is 16.8 Å². The van der Waals surface area contributed by atoms with Crippen LogP contribution in [0.1, 0.15) is 53.2 Å². The van der Waals surface area contributed by atoms with E-state index in [2.05, 4.69) is 18.0 Å². The summed E-state index contributed by atoms with van der Waals surface area (Å²) in [7, 11) is 0. The molecule has 1 unspecified atom stereocenters. The van der Waals surface area contributed by atoms with Crippen LogP contribution in [-0.2, 0) is 6.54 Å². The average Bonchev–Trinajstić information content (AvgIpc) is 3.43. The van der Waals surface area contributed by atoms with E-state index in [1.54, 1.807) is 30.5 Å². The molecule has 0 saturated carbocycles. The normalized spacial score (nSPS) is 12.1. The lowest BCUT2D eigenvalue weighted by atomic mass is 10.0. The molecule has 2 aromatic carbocycles. The van der Waals surface area contributed by atoms with Gasteiger partial charge in [-0.3, -0.25) is 0 Å². The van der Waals surface area contributed by atoms with Crippen molar-refractivity contribution in [2.45, 2.75) is 32.4 Å². The first kappa shape index (κ1) is 22.4. The number of aliphatic hydroxyl groups is 1. The summed E-state index contributed by atoms with van der Waals surface area (Å²) in [6.45, 7) is 2.62. The van der Waals surface area contributed by atoms with Gasteiger partial charge in [-0.05, 0) is 48.4 Å². The lowest BCUT2D eigenvalue weighted by molar-refractivity contribution is 0.0692. The molecule has 5 aromatic rings. The van der Waals surface area contributed by atoms with Crippen LogP contribution in [0.5, 0.6) is 0 Å². The zero-order chi connectivity index (χ0) is 24.5. The van der Waals surface area contributed by atoms with E-state index in [1.807, 2.05) is 51.6 Å². The summed E-state index contributed by atoms with van der Waals surface area (Å²) >= 11 is 0. The van der Waals surface area contributed by atoms with Crippen LogP contribution in [0.3, 0.4) is 0 Å². The highest BCUT2D eigenvalue weighted by molar-refractivity contribution is 6.04. The largest absolute Gasteiger partial charge is 0.478 e. The van der Waals surface area contributed by atoms with E-state index in [1.165, 1.54) is 0 Å². The summed E-state index contributed by atoms with van der Waals surface area (Å²) in [4.78, 5) is 16.7. The quantitative estimate of drug-likeness (QED) is 0.334. The minimum Gasteiger partial charge on any atom is -0.478 e. The Kier molecular flexibility index (Phi) is 5.81. The molecule has 5 rings (SSSR count). The number of rotatable bonds is 7. The van der Waals surface area contributed by atoms with Crippen LogP contribution in [0.25, 0.3) is 27.6 Å². The molecule has 0 aliphatic rings. The number of aliphatic hydroxyl groups excluding tert-OH is 1. The number of pyridine rings is 1. The van der Waals surface area contributed by atoms with Gasteiger partial charge in [0.1, 0.15) is 23.5 Å². The molecular formula is C28H24N4O3. The van der Waals surface area contributed by atoms with Crippen molar-refractivity contribution in [3.63, 3.8) is 0 Å². The standard InChI is InChI=1S/C28H24N4O3/c1-2-3-15-31-25(24(28(34)35)22-8-6-14-30-27(22)31)26(33)18-10-12-20(13-11-18)32-21(17-29)16-19-7-4-5-9-23(19)32/h4-14,16,26,33H,2-3,15H2,1H3,(H,34,35). The molecule has 0 aliphatic carbocycles. The first-order valence-electron chi connectivity index (χ1n) is 11.5. The lowest BCUT2D eigenvalue weighted by Crippen LogP contribution is -2.13. The van der Waals surface area contributed by atoms with Crippen LogP contribution < -0.4 is 0 Å². The van der Waals surface area contributed by atoms with Gasteiger partial charge in [-0.1, -0.05) is 43.7 Å². The van der Waals surface area contributed by atoms with Crippen LogP contribution in [0, 0.1) is 11.3 Å². The van der Waals surface area contributed by atoms with Crippen molar-refractivity contribution >= 4 is 27.9 Å². The highest BCUT2D eigenvalue weighted by Crippen LogP contribution is 2.34. The highest BCUT2D eigenvalue weighted by atomic mass is 16.4. The minimum atomic E-state index is -1.15. The molecule has 0 aliphatic heterocycles. The molecule has 7 nitrogen and oxygen atoms in total. The van der Waals surface area contributed by atoms with Gasteiger partial charge < -0.3 is 19.3 Å². The monoisotopic (exact) mass is 464 g/mol. The Morgan fingerprint density at radius 3 is 2.60 bits per heavy atom. The van der Waals surface area contributed by atoms with E-state index in [4.69, 9.17) is 0 Å². The first-order valence-corrected chi connectivity index (χ1v) is 11.5. The Balaban J connectivity index is 1.62. The fourth-order valence-corrected chi connectivity index (χ4v) is 4.72. The molecule has 0 radical (unpaired) electrons. The molecule has 174 valence electrons. The van der Waals surface area contributed by atoms with E-state index >= 15 is 0 Å². The van der Waals surface area contributed by atoms with Gasteiger partial charge in [-0.2, -0.15) is 5.26 Å². The molecule has 0 spiro atoms. The summed E-state index contributed by atoms with van der Waals surface area (Å²) in [5, 5.41) is 32.6. The Morgan fingerprint density at radius 2 is 1.89 bits per heavy atom. The second-order valence-electron chi connectivity index (χ2n) is 8.47. The van der Waals surface area contributed by atoms with Gasteiger partial charge in [0.2, 0.25) is 0 Å². The Morgan fingerprint density at radius 1 is 1.11 bits per heavy atom. The first-order chi connectivity index (χ1) is 17.0. The summed E-state index contributed by atoms with van der Waals surface area (Å²) in [6, 6.07) is 22.5. The number of unbranched alkanes of at least 4 members (excludes halogenated alkanes) is 1. The van der Waals surface area contributed by atoms with Gasteiger partial charge in [0, 0.05) is 29.2 Å². The van der Waals surface area contributed by atoms with Gasteiger partial charge >= 0.3 is 5.97 Å². The van der Waals surface area contributed by atoms with Crippen LogP contribution >= 0.6 is 0 Å². The van der Waals surface area contributed by atoms with Crippen LogP contribution in [-0.4, -0.2) is 30.3 Å². The minimum absolute atomic E-state index is 0.0731. The number of aryl methyl sites for hydroxylation is 1. The van der Waals surface area contributed by atoms with Crippen molar-refractivity contribution in [1.82, 2.24) is 14.1 Å². The maximum atomic E-state index is 12.3. The van der Waals surface area contributed by atoms with E-state index in [9.17, 15) is 20.3 Å². The molecule has 0 saturated heterocycles. The maximum absolute atomic E-state index is 12.3. The summed E-state index contributed by atoms with van der Waals surface area (Å²) in [5.74, 6) is -1.10. The van der Waals surface area contributed by atoms with E-state index in [-0.39, 0.29) is 5.56 Å². The van der Waals surface area contributed by atoms with Crippen molar-refractivity contribution in [3.8, 4) is 11.8 Å². The number of carboxylic acids is 1. The summed E-state index contributed by atoms with van der Waals surface area (Å²) < 4.78 is 3.70. The topological polar surface area (TPSA) is 104 Å². The highest BCUT2D eigenvalue weighted by Gasteiger charge is 2.28. The predicted octanol–water partition coefficient (Wildman–Crippen LogP) is 5.43. The molecule has 1 atom stereocenters. The zero-order valence-corrected chi connectivity index (χ0v) is 19.2. The van der Waals surface area contributed by atoms with Crippen molar-refractivity contribution in [2.24, 2.45) is 0 Å². The molecule has 0 bridgehead atoms. The Bertz CT molecular complexity index is 1590. The van der Waals surface area contributed by atoms with Crippen LogP contribution in [0.15, 0.2) is 72.9 Å². The van der Waals surface area contributed by atoms with Crippen LogP contribution in [0.4, 0.5) is 0 Å². The number of hydrogen-bond donors (Lipinski definition) is 2. The Hall–Kier alpha value is -4.41. The third-order valence-electron chi connectivity index (χ3n) is 6.36. The van der Waals surface area contributed by atoms with Crippen molar-refractivity contribution < 1.29 is 15.0 Å². The van der Waals surface area contributed by atoms with Crippen LogP contribution in [0.2, 0.25) is 0 Å². The van der Waals surface area contributed by atoms with Gasteiger partial charge in [-0.25, -0.2) is 9.78 Å². The number of nitriles is 1. The maximum Gasteiger partial charge on any atom is 0.338 e. The third kappa shape index (κ3) is 3.74. The average molecular weight is 465 g/mol. The van der Waals surface area contributed by atoms with Crippen molar-refractivity contribution in [3.05, 3.63) is 95.4 Å². The molecule has 35 heavy (non-hydrogen) atoms. The number of hydrogen-bond acceptors (Lipinski definition) is 4. The fraction of sp³-hybridized carbons (Fsp3) is 0.179. The molecule has 0 amide bonds. The SMILES string of the molecule is CCCCn1c(C(O)c2ccc(-n3c(C#N)cc4ccccc43)cc2)c(C(=O)O)c2cccnc21. The number of para-hydroxylation sites is 1. The second kappa shape index (κ2) is 9.09. The van der Waals surface area contributed by atoms with E-state index in [0.29, 0.717) is 34.5 Å². The number of fused-ring (bicyclic) bond motifs is 2. The second-order valence-corrected chi connectivity index (χ2v) is 8.47. The van der Waals surface area contributed by atoms with Crippen molar-refractivity contribution in [2.75, 3.05) is 0 Å². The summed E-state index contributed by atoms with van der Waals surface area (Å²) in [6.07, 6.45) is 2.23. The Labute approximate surface area is 202 Å². The van der Waals surface area contributed by atoms with Crippen molar-refractivity contribution in [1.29, 1.82) is 5.26 Å². The molecular weight excluding hydrogens is 440 g/mol.